The first kappa shape index (κ1) is 12.9. The molecular weight excluding hydrogens is 251 g/mol. The van der Waals surface area contributed by atoms with Crippen LogP contribution in [0.25, 0.3) is 11.0 Å². The first-order valence-electron chi connectivity index (χ1n) is 6.85. The molecular formula is C17H17FN2. The molecule has 1 aromatic heterocycles. The molecule has 102 valence electrons. The lowest BCUT2D eigenvalue weighted by Gasteiger charge is -2.11. The molecule has 0 aliphatic carbocycles. The molecule has 0 saturated heterocycles. The van der Waals surface area contributed by atoms with Crippen LogP contribution in [0.4, 0.5) is 4.39 Å². The molecule has 0 fully saturated rings. The van der Waals surface area contributed by atoms with Crippen molar-refractivity contribution in [1.29, 1.82) is 0 Å². The molecule has 3 rings (SSSR count). The summed E-state index contributed by atoms with van der Waals surface area (Å²) in [5.74, 6) is 1.21. The first-order chi connectivity index (χ1) is 9.65. The Morgan fingerprint density at radius 3 is 2.45 bits per heavy atom. The Hall–Kier alpha value is -2.16. The number of hydrogen-bond donors (Lipinski definition) is 0. The number of benzene rings is 2. The number of halogens is 1. The summed E-state index contributed by atoms with van der Waals surface area (Å²) in [6.07, 6.45) is 0. The topological polar surface area (TPSA) is 17.8 Å². The zero-order valence-electron chi connectivity index (χ0n) is 11.7. The van der Waals surface area contributed by atoms with Crippen molar-refractivity contribution < 1.29 is 4.39 Å². The maximum Gasteiger partial charge on any atom is 0.123 e. The molecule has 0 unspecified atom stereocenters. The summed E-state index contributed by atoms with van der Waals surface area (Å²) in [5, 5.41) is 0. The number of imidazole rings is 1. The van der Waals surface area contributed by atoms with Crippen molar-refractivity contribution in [3.63, 3.8) is 0 Å². The van der Waals surface area contributed by atoms with Gasteiger partial charge in [-0.2, -0.15) is 0 Å². The fourth-order valence-electron chi connectivity index (χ4n) is 2.47. The van der Waals surface area contributed by atoms with Gasteiger partial charge >= 0.3 is 0 Å². The van der Waals surface area contributed by atoms with Gasteiger partial charge < -0.3 is 4.57 Å². The Bertz CT molecular complexity index is 726. The highest BCUT2D eigenvalue weighted by Gasteiger charge is 2.13. The van der Waals surface area contributed by atoms with Crippen LogP contribution >= 0.6 is 0 Å². The normalized spacial score (nSPS) is 11.4. The van der Waals surface area contributed by atoms with Gasteiger partial charge in [-0.15, -0.1) is 0 Å². The van der Waals surface area contributed by atoms with Crippen LogP contribution in [-0.4, -0.2) is 9.55 Å². The number of hydrogen-bond acceptors (Lipinski definition) is 1. The summed E-state index contributed by atoms with van der Waals surface area (Å²) in [6, 6.07) is 14.8. The molecule has 3 aromatic rings. The number of aromatic nitrogens is 2. The van der Waals surface area contributed by atoms with E-state index < -0.39 is 0 Å². The van der Waals surface area contributed by atoms with Crippen molar-refractivity contribution >= 4 is 11.0 Å². The number of nitrogens with zero attached hydrogens (tertiary/aromatic N) is 2. The number of para-hydroxylation sites is 2. The van der Waals surface area contributed by atoms with Gasteiger partial charge in [0.05, 0.1) is 11.0 Å². The van der Waals surface area contributed by atoms with Crippen molar-refractivity contribution in [2.75, 3.05) is 0 Å². The summed E-state index contributed by atoms with van der Waals surface area (Å²) < 4.78 is 15.2. The van der Waals surface area contributed by atoms with Gasteiger partial charge in [-0.25, -0.2) is 9.37 Å². The maximum atomic E-state index is 13.0. The second-order valence-corrected chi connectivity index (χ2v) is 5.33. The number of fused-ring (bicyclic) bond motifs is 1. The van der Waals surface area contributed by atoms with Crippen molar-refractivity contribution in [3.8, 4) is 0 Å². The average Bonchev–Trinajstić information content (AvgIpc) is 2.81. The van der Waals surface area contributed by atoms with Crippen LogP contribution in [0.1, 0.15) is 31.2 Å². The van der Waals surface area contributed by atoms with Crippen molar-refractivity contribution in [2.45, 2.75) is 26.3 Å². The Balaban J connectivity index is 2.09. The van der Waals surface area contributed by atoms with Crippen molar-refractivity contribution in [2.24, 2.45) is 0 Å². The van der Waals surface area contributed by atoms with Crippen LogP contribution in [0.5, 0.6) is 0 Å². The average molecular weight is 268 g/mol. The molecule has 0 aliphatic rings. The summed E-state index contributed by atoms with van der Waals surface area (Å²) in [5.41, 5.74) is 3.22. The van der Waals surface area contributed by atoms with Crippen LogP contribution in [0.2, 0.25) is 0 Å². The van der Waals surface area contributed by atoms with Gasteiger partial charge in [0.15, 0.2) is 0 Å². The third-order valence-electron chi connectivity index (χ3n) is 3.45. The van der Waals surface area contributed by atoms with Crippen molar-refractivity contribution in [1.82, 2.24) is 9.55 Å². The molecule has 2 aromatic carbocycles. The van der Waals surface area contributed by atoms with E-state index >= 15 is 0 Å². The highest BCUT2D eigenvalue weighted by atomic mass is 19.1. The zero-order valence-corrected chi connectivity index (χ0v) is 11.7. The van der Waals surface area contributed by atoms with Crippen LogP contribution < -0.4 is 0 Å². The van der Waals surface area contributed by atoms with Gasteiger partial charge in [0, 0.05) is 12.5 Å². The summed E-state index contributed by atoms with van der Waals surface area (Å²) in [7, 11) is 0. The minimum atomic E-state index is -0.201. The van der Waals surface area contributed by atoms with E-state index in [1.807, 2.05) is 30.3 Å². The third kappa shape index (κ3) is 2.31. The Labute approximate surface area is 117 Å². The van der Waals surface area contributed by atoms with Gasteiger partial charge in [0.25, 0.3) is 0 Å². The van der Waals surface area contributed by atoms with Crippen molar-refractivity contribution in [3.05, 3.63) is 65.7 Å². The van der Waals surface area contributed by atoms with E-state index in [0.717, 1.165) is 22.4 Å². The van der Waals surface area contributed by atoms with E-state index in [4.69, 9.17) is 4.98 Å². The molecule has 2 nitrogen and oxygen atoms in total. The molecule has 0 aliphatic heterocycles. The fraction of sp³-hybridized carbons (Fsp3) is 0.235. The maximum absolute atomic E-state index is 13.0. The quantitative estimate of drug-likeness (QED) is 0.690. The minimum Gasteiger partial charge on any atom is -0.323 e. The molecule has 0 spiro atoms. The van der Waals surface area contributed by atoms with E-state index in [1.54, 1.807) is 0 Å². The second-order valence-electron chi connectivity index (χ2n) is 5.33. The van der Waals surface area contributed by atoms with Crippen LogP contribution in [0, 0.1) is 5.82 Å². The molecule has 0 N–H and O–H groups in total. The van der Waals surface area contributed by atoms with Gasteiger partial charge in [0.1, 0.15) is 11.6 Å². The standard InChI is InChI=1S/C17H17FN2/c1-12(2)17-19-15-5-3-4-6-16(15)20(17)11-13-7-9-14(18)10-8-13/h3-10,12H,11H2,1-2H3. The molecule has 1 heterocycles. The Morgan fingerprint density at radius 2 is 1.75 bits per heavy atom. The molecule has 0 radical (unpaired) electrons. The molecule has 3 heteroatoms. The summed E-state index contributed by atoms with van der Waals surface area (Å²) in [6.45, 7) is 5.00. The van der Waals surface area contributed by atoms with E-state index in [2.05, 4.69) is 24.5 Å². The Morgan fingerprint density at radius 1 is 1.05 bits per heavy atom. The lowest BCUT2D eigenvalue weighted by atomic mass is 10.2. The van der Waals surface area contributed by atoms with Crippen LogP contribution in [-0.2, 0) is 6.54 Å². The van der Waals surface area contributed by atoms with E-state index in [1.165, 1.54) is 12.1 Å². The lowest BCUT2D eigenvalue weighted by molar-refractivity contribution is 0.625. The molecule has 0 bridgehead atoms. The smallest absolute Gasteiger partial charge is 0.123 e. The number of rotatable bonds is 3. The van der Waals surface area contributed by atoms with Crippen LogP contribution in [0.3, 0.4) is 0 Å². The molecule has 0 saturated carbocycles. The SMILES string of the molecule is CC(C)c1nc2ccccc2n1Cc1ccc(F)cc1. The lowest BCUT2D eigenvalue weighted by Crippen LogP contribution is -2.06. The first-order valence-corrected chi connectivity index (χ1v) is 6.85. The molecule has 0 atom stereocenters. The highest BCUT2D eigenvalue weighted by Crippen LogP contribution is 2.23. The van der Waals surface area contributed by atoms with E-state index in [-0.39, 0.29) is 5.82 Å². The van der Waals surface area contributed by atoms with Crippen LogP contribution in [0.15, 0.2) is 48.5 Å². The zero-order chi connectivity index (χ0) is 14.1. The van der Waals surface area contributed by atoms with E-state index in [0.29, 0.717) is 12.5 Å². The fourth-order valence-corrected chi connectivity index (χ4v) is 2.47. The largest absolute Gasteiger partial charge is 0.323 e. The predicted molar refractivity (Wildman–Crippen MR) is 79.3 cm³/mol. The predicted octanol–water partition coefficient (Wildman–Crippen LogP) is 4.35. The van der Waals surface area contributed by atoms with Gasteiger partial charge in [-0.05, 0) is 29.8 Å². The summed E-state index contributed by atoms with van der Waals surface area (Å²) >= 11 is 0. The molecule has 0 amide bonds. The van der Waals surface area contributed by atoms with Gasteiger partial charge in [-0.3, -0.25) is 0 Å². The summed E-state index contributed by atoms with van der Waals surface area (Å²) in [4.78, 5) is 4.71. The Kier molecular flexibility index (Phi) is 3.26. The minimum absolute atomic E-state index is 0.201. The van der Waals surface area contributed by atoms with Gasteiger partial charge in [-0.1, -0.05) is 38.1 Å². The monoisotopic (exact) mass is 268 g/mol. The second kappa shape index (κ2) is 5.08. The third-order valence-corrected chi connectivity index (χ3v) is 3.45. The van der Waals surface area contributed by atoms with E-state index in [9.17, 15) is 4.39 Å². The molecule has 20 heavy (non-hydrogen) atoms. The highest BCUT2D eigenvalue weighted by molar-refractivity contribution is 5.76. The van der Waals surface area contributed by atoms with Gasteiger partial charge in [0.2, 0.25) is 0 Å².